The Kier molecular flexibility index (Phi) is 6.37. The van der Waals surface area contributed by atoms with Gasteiger partial charge in [-0.15, -0.1) is 11.3 Å². The number of aryl methyl sites for hydroxylation is 1. The zero-order chi connectivity index (χ0) is 21.3. The van der Waals surface area contributed by atoms with E-state index >= 15 is 0 Å². The number of ether oxygens (including phenoxy) is 1. The van der Waals surface area contributed by atoms with Crippen LogP contribution in [0.15, 0.2) is 30.3 Å². The molecule has 3 heterocycles. The summed E-state index contributed by atoms with van der Waals surface area (Å²) in [6.45, 7) is 9.52. The number of aromatic nitrogens is 2. The maximum atomic E-state index is 13.2. The van der Waals surface area contributed by atoms with E-state index in [9.17, 15) is 4.79 Å². The highest BCUT2D eigenvalue weighted by molar-refractivity contribution is 7.18. The van der Waals surface area contributed by atoms with E-state index in [1.165, 1.54) is 21.0 Å². The minimum atomic E-state index is 0.224. The lowest BCUT2D eigenvalue weighted by atomic mass is 9.98. The Labute approximate surface area is 182 Å². The number of methoxy groups -OCH3 is 1. The van der Waals surface area contributed by atoms with E-state index in [0.29, 0.717) is 19.1 Å². The Morgan fingerprint density at radius 2 is 2.17 bits per heavy atom. The smallest absolute Gasteiger partial charge is 0.218 e. The van der Waals surface area contributed by atoms with Crippen LogP contribution in [-0.2, 0) is 4.74 Å². The molecule has 4 rings (SSSR count). The van der Waals surface area contributed by atoms with Crippen molar-refractivity contribution >= 4 is 27.3 Å². The zero-order valence-corrected chi connectivity index (χ0v) is 19.2. The van der Waals surface area contributed by atoms with Crippen LogP contribution in [0.2, 0.25) is 0 Å². The van der Waals surface area contributed by atoms with Gasteiger partial charge in [0.2, 0.25) is 5.78 Å². The average Bonchev–Trinajstić information content (AvgIpc) is 3.29. The van der Waals surface area contributed by atoms with E-state index in [-0.39, 0.29) is 11.8 Å². The van der Waals surface area contributed by atoms with Crippen molar-refractivity contribution in [3.8, 4) is 0 Å². The fourth-order valence-corrected chi connectivity index (χ4v) is 6.06. The molecule has 1 N–H and O–H groups in total. The molecule has 1 aliphatic rings. The molecule has 6 heteroatoms. The zero-order valence-electron chi connectivity index (χ0n) is 18.4. The van der Waals surface area contributed by atoms with Crippen LogP contribution < -0.4 is 4.90 Å². The van der Waals surface area contributed by atoms with Gasteiger partial charge < -0.3 is 14.2 Å². The highest BCUT2D eigenvalue weighted by Crippen LogP contribution is 2.30. The van der Waals surface area contributed by atoms with Gasteiger partial charge in [-0.1, -0.05) is 12.1 Å². The second-order valence-corrected chi connectivity index (χ2v) is 9.68. The summed E-state index contributed by atoms with van der Waals surface area (Å²) in [4.78, 5) is 19.4. The van der Waals surface area contributed by atoms with E-state index in [2.05, 4.69) is 49.6 Å². The van der Waals surface area contributed by atoms with Crippen LogP contribution in [-0.4, -0.2) is 48.7 Å². The Balaban J connectivity index is 1.46. The molecule has 0 radical (unpaired) electrons. The SMILES string of the molecule is COC[C@@H](C)n1c(C)cc(C(=O)C[NH+]2CCC[C@H](c3nc4ccccc4s3)C2)c1C. The summed E-state index contributed by atoms with van der Waals surface area (Å²) in [6.07, 6.45) is 2.31. The van der Waals surface area contributed by atoms with Gasteiger partial charge in [0.05, 0.1) is 41.9 Å². The van der Waals surface area contributed by atoms with Crippen molar-refractivity contribution in [3.05, 3.63) is 52.3 Å². The Morgan fingerprint density at radius 3 is 2.93 bits per heavy atom. The molecule has 160 valence electrons. The number of carbonyl (C=O) groups excluding carboxylic acids is 1. The van der Waals surface area contributed by atoms with Crippen LogP contribution in [0.4, 0.5) is 0 Å². The number of nitrogens with zero attached hydrogens (tertiary/aromatic N) is 2. The minimum absolute atomic E-state index is 0.224. The largest absolute Gasteiger partial charge is 0.383 e. The number of hydrogen-bond acceptors (Lipinski definition) is 4. The molecule has 3 aromatic rings. The number of thiazole rings is 1. The standard InChI is InChI=1S/C24H31N3O2S/c1-16-12-20(18(3)27(16)17(2)15-29-4)22(28)14-26-11-7-8-19(13-26)24-25-21-9-5-6-10-23(21)30-24/h5-6,9-10,12,17,19H,7-8,11,13-15H2,1-4H3/p+1/t17-,19+/m1/s1. The van der Waals surface area contributed by atoms with Gasteiger partial charge in [0.1, 0.15) is 11.6 Å². The Morgan fingerprint density at radius 1 is 1.37 bits per heavy atom. The highest BCUT2D eigenvalue weighted by Gasteiger charge is 2.29. The predicted octanol–water partition coefficient (Wildman–Crippen LogP) is 3.57. The summed E-state index contributed by atoms with van der Waals surface area (Å²) in [5.41, 5.74) is 4.14. The van der Waals surface area contributed by atoms with Crippen LogP contribution in [0.3, 0.4) is 0 Å². The number of Topliss-reactive ketones (excluding diaryl/α,β-unsaturated/α-hetero) is 1. The Bertz CT molecular complexity index is 1010. The lowest BCUT2D eigenvalue weighted by Gasteiger charge is -2.28. The van der Waals surface area contributed by atoms with Gasteiger partial charge >= 0.3 is 0 Å². The Hall–Kier alpha value is -2.02. The summed E-state index contributed by atoms with van der Waals surface area (Å²) in [5.74, 6) is 0.701. The normalized spacial score (nSPS) is 20.5. The van der Waals surface area contributed by atoms with E-state index in [1.807, 2.05) is 17.4 Å². The summed E-state index contributed by atoms with van der Waals surface area (Å²) < 4.78 is 8.81. The van der Waals surface area contributed by atoms with Gasteiger partial charge in [-0.2, -0.15) is 0 Å². The third-order valence-electron chi connectivity index (χ3n) is 6.32. The predicted molar refractivity (Wildman–Crippen MR) is 122 cm³/mol. The summed E-state index contributed by atoms with van der Waals surface area (Å²) >= 11 is 1.81. The number of para-hydroxylation sites is 1. The first-order chi connectivity index (χ1) is 14.5. The molecule has 5 nitrogen and oxygen atoms in total. The molecule has 0 bridgehead atoms. The first kappa shape index (κ1) is 21.2. The van der Waals surface area contributed by atoms with Crippen LogP contribution in [0.1, 0.15) is 58.5 Å². The minimum Gasteiger partial charge on any atom is -0.383 e. The van der Waals surface area contributed by atoms with Crippen molar-refractivity contribution in [3.63, 3.8) is 0 Å². The molecule has 1 unspecified atom stereocenters. The molecule has 2 aromatic heterocycles. The van der Waals surface area contributed by atoms with Crippen molar-refractivity contribution < 1.29 is 14.4 Å². The molecular weight excluding hydrogens is 394 g/mol. The maximum Gasteiger partial charge on any atom is 0.218 e. The molecule has 1 fully saturated rings. The van der Waals surface area contributed by atoms with Gasteiger partial charge in [-0.3, -0.25) is 4.79 Å². The van der Waals surface area contributed by atoms with Crippen molar-refractivity contribution in [2.45, 2.75) is 45.6 Å². The van der Waals surface area contributed by atoms with Crippen LogP contribution in [0, 0.1) is 13.8 Å². The molecule has 0 aliphatic carbocycles. The summed E-state index contributed by atoms with van der Waals surface area (Å²) in [5, 5.41) is 1.23. The number of fused-ring (bicyclic) bond motifs is 1. The topological polar surface area (TPSA) is 48.6 Å². The molecule has 0 amide bonds. The summed E-state index contributed by atoms with van der Waals surface area (Å²) in [6, 6.07) is 10.6. The lowest BCUT2D eigenvalue weighted by molar-refractivity contribution is -0.897. The fourth-order valence-electron chi connectivity index (χ4n) is 4.96. The number of rotatable bonds is 7. The van der Waals surface area contributed by atoms with Crippen molar-refractivity contribution in [1.82, 2.24) is 9.55 Å². The second kappa shape index (κ2) is 9.00. The lowest BCUT2D eigenvalue weighted by Crippen LogP contribution is -3.14. The maximum absolute atomic E-state index is 13.2. The summed E-state index contributed by atoms with van der Waals surface area (Å²) in [7, 11) is 1.72. The van der Waals surface area contributed by atoms with Gasteiger partial charge in [-0.25, -0.2) is 4.98 Å². The molecule has 1 aliphatic heterocycles. The first-order valence-electron chi connectivity index (χ1n) is 10.9. The number of benzene rings is 1. The fraction of sp³-hybridized carbons (Fsp3) is 0.500. The molecule has 0 spiro atoms. The molecule has 1 saturated heterocycles. The van der Waals surface area contributed by atoms with Crippen LogP contribution in [0.5, 0.6) is 0 Å². The number of carbonyl (C=O) groups is 1. The van der Waals surface area contributed by atoms with E-state index in [1.54, 1.807) is 7.11 Å². The monoisotopic (exact) mass is 426 g/mol. The van der Waals surface area contributed by atoms with Crippen molar-refractivity contribution in [2.24, 2.45) is 0 Å². The van der Waals surface area contributed by atoms with Gasteiger partial charge in [-0.05, 0) is 51.8 Å². The molecule has 3 atom stereocenters. The molecule has 30 heavy (non-hydrogen) atoms. The van der Waals surface area contributed by atoms with E-state index in [4.69, 9.17) is 9.72 Å². The third kappa shape index (κ3) is 4.22. The number of quaternary nitrogens is 1. The van der Waals surface area contributed by atoms with Crippen LogP contribution >= 0.6 is 11.3 Å². The number of nitrogens with one attached hydrogen (secondary N) is 1. The van der Waals surface area contributed by atoms with E-state index in [0.717, 1.165) is 42.0 Å². The van der Waals surface area contributed by atoms with Gasteiger partial charge in [0.15, 0.2) is 0 Å². The van der Waals surface area contributed by atoms with E-state index < -0.39 is 0 Å². The van der Waals surface area contributed by atoms with Gasteiger partial charge in [0, 0.05) is 24.1 Å². The van der Waals surface area contributed by atoms with Crippen molar-refractivity contribution in [2.75, 3.05) is 33.4 Å². The number of likely N-dealkylation sites (tertiary alicyclic amines) is 1. The van der Waals surface area contributed by atoms with Gasteiger partial charge in [0.25, 0.3) is 0 Å². The molecule has 1 aromatic carbocycles. The number of piperidine rings is 1. The number of hydrogen-bond donors (Lipinski definition) is 1. The van der Waals surface area contributed by atoms with Crippen molar-refractivity contribution in [1.29, 1.82) is 0 Å². The first-order valence-corrected chi connectivity index (χ1v) is 11.7. The molecule has 0 saturated carbocycles. The second-order valence-electron chi connectivity index (χ2n) is 8.62. The average molecular weight is 427 g/mol. The number of ketones is 1. The third-order valence-corrected chi connectivity index (χ3v) is 7.52. The highest BCUT2D eigenvalue weighted by atomic mass is 32.1. The quantitative estimate of drug-likeness (QED) is 0.588. The van der Waals surface area contributed by atoms with Crippen LogP contribution in [0.25, 0.3) is 10.2 Å². The molecular formula is C24H32N3O2S+.